The smallest absolute Gasteiger partial charge is 0.387 e. The maximum Gasteiger partial charge on any atom is 0.389 e. The SMILES string of the molecule is OC(CCC(F)(F)F)c1ccc(Cl)cn1. The Morgan fingerprint density at radius 1 is 1.40 bits per heavy atom. The third kappa shape index (κ3) is 4.48. The van der Waals surface area contributed by atoms with Gasteiger partial charge < -0.3 is 5.11 Å². The maximum atomic E-state index is 11.8. The first-order valence-electron chi connectivity index (χ1n) is 4.25. The van der Waals surface area contributed by atoms with Crippen LogP contribution >= 0.6 is 11.6 Å². The van der Waals surface area contributed by atoms with Gasteiger partial charge >= 0.3 is 6.18 Å². The van der Waals surface area contributed by atoms with E-state index >= 15 is 0 Å². The molecule has 1 aromatic heterocycles. The third-order valence-electron chi connectivity index (χ3n) is 1.79. The van der Waals surface area contributed by atoms with Gasteiger partial charge in [0.05, 0.1) is 16.8 Å². The highest BCUT2D eigenvalue weighted by molar-refractivity contribution is 6.30. The van der Waals surface area contributed by atoms with Crippen LogP contribution in [0.25, 0.3) is 0 Å². The summed E-state index contributed by atoms with van der Waals surface area (Å²) in [6.45, 7) is 0. The Labute approximate surface area is 89.7 Å². The van der Waals surface area contributed by atoms with Crippen molar-refractivity contribution in [1.29, 1.82) is 0 Å². The first kappa shape index (κ1) is 12.3. The average molecular weight is 240 g/mol. The van der Waals surface area contributed by atoms with Gasteiger partial charge in [0.25, 0.3) is 0 Å². The van der Waals surface area contributed by atoms with E-state index in [2.05, 4.69) is 4.98 Å². The van der Waals surface area contributed by atoms with Gasteiger partial charge in [-0.1, -0.05) is 11.6 Å². The number of pyridine rings is 1. The molecular weight excluding hydrogens is 231 g/mol. The molecule has 15 heavy (non-hydrogen) atoms. The van der Waals surface area contributed by atoms with Crippen molar-refractivity contribution in [2.75, 3.05) is 0 Å². The number of aliphatic hydroxyl groups is 1. The second kappa shape index (κ2) is 4.81. The Hall–Kier alpha value is -0.810. The van der Waals surface area contributed by atoms with Crippen LogP contribution in [0.15, 0.2) is 18.3 Å². The lowest BCUT2D eigenvalue weighted by Gasteiger charge is -2.11. The molecule has 1 aromatic rings. The largest absolute Gasteiger partial charge is 0.389 e. The first-order chi connectivity index (χ1) is 6.88. The zero-order chi connectivity index (χ0) is 11.5. The van der Waals surface area contributed by atoms with Gasteiger partial charge in [-0.05, 0) is 18.6 Å². The molecule has 0 aliphatic carbocycles. The van der Waals surface area contributed by atoms with Gasteiger partial charge in [-0.2, -0.15) is 13.2 Å². The van der Waals surface area contributed by atoms with Crippen LogP contribution < -0.4 is 0 Å². The van der Waals surface area contributed by atoms with E-state index in [4.69, 9.17) is 11.6 Å². The molecule has 1 heterocycles. The number of halogens is 4. The Morgan fingerprint density at radius 2 is 2.07 bits per heavy atom. The zero-order valence-electron chi connectivity index (χ0n) is 7.63. The van der Waals surface area contributed by atoms with Crippen LogP contribution in [0.4, 0.5) is 13.2 Å². The molecule has 0 fully saturated rings. The predicted molar refractivity (Wildman–Crippen MR) is 49.5 cm³/mol. The van der Waals surface area contributed by atoms with Crippen molar-refractivity contribution in [1.82, 2.24) is 4.98 Å². The average Bonchev–Trinajstić information content (AvgIpc) is 2.14. The number of aromatic nitrogens is 1. The van der Waals surface area contributed by atoms with Crippen molar-refractivity contribution in [2.45, 2.75) is 25.1 Å². The molecule has 0 aliphatic rings. The maximum absolute atomic E-state index is 11.8. The van der Waals surface area contributed by atoms with Crippen molar-refractivity contribution >= 4 is 11.6 Å². The summed E-state index contributed by atoms with van der Waals surface area (Å²) in [6.07, 6.45) is -5.60. The van der Waals surface area contributed by atoms with Crippen molar-refractivity contribution in [2.24, 2.45) is 0 Å². The Bertz CT molecular complexity index is 312. The Kier molecular flexibility index (Phi) is 3.93. The monoisotopic (exact) mass is 239 g/mol. The lowest BCUT2D eigenvalue weighted by atomic mass is 10.1. The van der Waals surface area contributed by atoms with Crippen LogP contribution in [0.5, 0.6) is 0 Å². The van der Waals surface area contributed by atoms with Crippen LogP contribution in [-0.4, -0.2) is 16.3 Å². The summed E-state index contributed by atoms with van der Waals surface area (Å²) in [4.78, 5) is 3.73. The van der Waals surface area contributed by atoms with E-state index in [0.717, 1.165) is 0 Å². The fourth-order valence-corrected chi connectivity index (χ4v) is 1.14. The number of aliphatic hydroxyl groups excluding tert-OH is 1. The summed E-state index contributed by atoms with van der Waals surface area (Å²) in [6, 6.07) is 2.88. The van der Waals surface area contributed by atoms with Gasteiger partial charge in [-0.25, -0.2) is 0 Å². The number of rotatable bonds is 3. The molecule has 6 heteroatoms. The first-order valence-corrected chi connectivity index (χ1v) is 4.62. The zero-order valence-corrected chi connectivity index (χ0v) is 8.39. The fourth-order valence-electron chi connectivity index (χ4n) is 1.03. The molecule has 1 N–H and O–H groups in total. The molecule has 0 aromatic carbocycles. The Balaban J connectivity index is 2.54. The molecule has 0 saturated carbocycles. The van der Waals surface area contributed by atoms with Crippen molar-refractivity contribution in [3.8, 4) is 0 Å². The second-order valence-electron chi connectivity index (χ2n) is 3.07. The van der Waals surface area contributed by atoms with Gasteiger partial charge in [0.1, 0.15) is 0 Å². The lowest BCUT2D eigenvalue weighted by Crippen LogP contribution is -2.10. The number of nitrogens with zero attached hydrogens (tertiary/aromatic N) is 1. The molecule has 2 nitrogen and oxygen atoms in total. The molecule has 1 unspecified atom stereocenters. The molecule has 0 aliphatic heterocycles. The summed E-state index contributed by atoms with van der Waals surface area (Å²) in [5.41, 5.74) is 0.198. The van der Waals surface area contributed by atoms with Gasteiger partial charge in [0.2, 0.25) is 0 Å². The molecule has 0 spiro atoms. The van der Waals surface area contributed by atoms with Gasteiger partial charge in [0, 0.05) is 12.6 Å². The van der Waals surface area contributed by atoms with Crippen LogP contribution in [0.2, 0.25) is 5.02 Å². The van der Waals surface area contributed by atoms with E-state index in [9.17, 15) is 18.3 Å². The Morgan fingerprint density at radius 3 is 2.53 bits per heavy atom. The lowest BCUT2D eigenvalue weighted by molar-refractivity contribution is -0.140. The predicted octanol–water partition coefficient (Wildman–Crippen LogP) is 3.11. The van der Waals surface area contributed by atoms with E-state index in [0.29, 0.717) is 5.02 Å². The highest BCUT2D eigenvalue weighted by Crippen LogP contribution is 2.26. The second-order valence-corrected chi connectivity index (χ2v) is 3.51. The van der Waals surface area contributed by atoms with Crippen molar-refractivity contribution < 1.29 is 18.3 Å². The van der Waals surface area contributed by atoms with Gasteiger partial charge in [-0.15, -0.1) is 0 Å². The van der Waals surface area contributed by atoms with Crippen LogP contribution in [0.3, 0.4) is 0 Å². The van der Waals surface area contributed by atoms with Gasteiger partial charge in [0.15, 0.2) is 0 Å². The summed E-state index contributed by atoms with van der Waals surface area (Å²) < 4.78 is 35.5. The minimum atomic E-state index is -4.26. The van der Waals surface area contributed by atoms with E-state index < -0.39 is 25.1 Å². The molecule has 0 saturated heterocycles. The molecule has 0 amide bonds. The van der Waals surface area contributed by atoms with E-state index in [1.807, 2.05) is 0 Å². The molecule has 0 radical (unpaired) electrons. The topological polar surface area (TPSA) is 33.1 Å². The molecular formula is C9H9ClF3NO. The minimum Gasteiger partial charge on any atom is -0.387 e. The standard InChI is InChI=1S/C9H9ClF3NO/c10-6-1-2-7(14-5-6)8(15)3-4-9(11,12)13/h1-2,5,8,15H,3-4H2. The highest BCUT2D eigenvalue weighted by atomic mass is 35.5. The third-order valence-corrected chi connectivity index (χ3v) is 2.02. The van der Waals surface area contributed by atoms with E-state index in [-0.39, 0.29) is 5.69 Å². The van der Waals surface area contributed by atoms with Crippen LogP contribution in [-0.2, 0) is 0 Å². The van der Waals surface area contributed by atoms with E-state index in [1.54, 1.807) is 0 Å². The quantitative estimate of drug-likeness (QED) is 0.879. The summed E-state index contributed by atoms with van der Waals surface area (Å²) in [5.74, 6) is 0. The van der Waals surface area contributed by atoms with Crippen molar-refractivity contribution in [3.05, 3.63) is 29.0 Å². The molecule has 0 bridgehead atoms. The molecule has 84 valence electrons. The summed E-state index contributed by atoms with van der Waals surface area (Å²) >= 11 is 5.54. The number of alkyl halides is 3. The van der Waals surface area contributed by atoms with Crippen LogP contribution in [0.1, 0.15) is 24.6 Å². The van der Waals surface area contributed by atoms with E-state index in [1.165, 1.54) is 18.3 Å². The fraction of sp³-hybridized carbons (Fsp3) is 0.444. The van der Waals surface area contributed by atoms with Gasteiger partial charge in [-0.3, -0.25) is 4.98 Å². The minimum absolute atomic E-state index is 0.198. The van der Waals surface area contributed by atoms with Crippen LogP contribution in [0, 0.1) is 0 Å². The summed E-state index contributed by atoms with van der Waals surface area (Å²) in [5, 5.41) is 9.75. The normalized spacial score (nSPS) is 13.9. The molecule has 1 rings (SSSR count). The molecule has 1 atom stereocenters. The summed E-state index contributed by atoms with van der Waals surface area (Å²) in [7, 11) is 0. The highest BCUT2D eigenvalue weighted by Gasteiger charge is 2.28. The number of hydrogen-bond acceptors (Lipinski definition) is 2. The van der Waals surface area contributed by atoms with Crippen molar-refractivity contribution in [3.63, 3.8) is 0 Å². The number of hydrogen-bond donors (Lipinski definition) is 1.